The largest absolute Gasteiger partial charge is 0.457 e. The third-order valence-electron chi connectivity index (χ3n) is 5.41. The van der Waals surface area contributed by atoms with Gasteiger partial charge >= 0.3 is 0 Å². The number of carbonyl (C=O) groups is 1. The normalized spacial score (nSPS) is 20.2. The minimum atomic E-state index is 0. The maximum absolute atomic E-state index is 12.5. The van der Waals surface area contributed by atoms with Crippen molar-refractivity contribution in [3.63, 3.8) is 0 Å². The maximum Gasteiger partial charge on any atom is 0.226 e. The first-order valence-electron chi connectivity index (χ1n) is 10.2. The van der Waals surface area contributed by atoms with Gasteiger partial charge in [0.1, 0.15) is 11.5 Å². The number of carbonyl (C=O) groups excluding carboxylic acids is 1. The number of amides is 1. The third-order valence-corrected chi connectivity index (χ3v) is 6.61. The van der Waals surface area contributed by atoms with Crippen LogP contribution in [0, 0.1) is 0 Å². The smallest absolute Gasteiger partial charge is 0.226 e. The fourth-order valence-electron chi connectivity index (χ4n) is 3.71. The van der Waals surface area contributed by atoms with Crippen LogP contribution in [0.1, 0.15) is 32.1 Å². The molecule has 1 aliphatic carbocycles. The number of benzene rings is 2. The number of amidine groups is 1. The molecule has 7 heteroatoms. The van der Waals surface area contributed by atoms with E-state index in [1.165, 1.54) is 25.7 Å². The number of hydrogen-bond acceptors (Lipinski definition) is 4. The Balaban J connectivity index is 0.00000256. The first-order valence-corrected chi connectivity index (χ1v) is 11.2. The number of nitrogens with one attached hydrogen (secondary N) is 1. The molecule has 0 bridgehead atoms. The second-order valence-electron chi connectivity index (χ2n) is 7.62. The monoisotopic (exact) mass is 445 g/mol. The van der Waals surface area contributed by atoms with Crippen LogP contribution in [-0.2, 0) is 4.79 Å². The number of nitrogens with zero attached hydrogens (tertiary/aromatic N) is 2. The van der Waals surface area contributed by atoms with Gasteiger partial charge in [0.25, 0.3) is 0 Å². The Bertz CT molecular complexity index is 855. The van der Waals surface area contributed by atoms with E-state index in [2.05, 4.69) is 17.3 Å². The van der Waals surface area contributed by atoms with E-state index in [-0.39, 0.29) is 24.4 Å². The Morgan fingerprint density at radius 1 is 1.10 bits per heavy atom. The molecule has 2 aromatic carbocycles. The van der Waals surface area contributed by atoms with E-state index in [4.69, 9.17) is 9.73 Å². The van der Waals surface area contributed by atoms with Gasteiger partial charge in [-0.2, -0.15) is 0 Å². The lowest BCUT2D eigenvalue weighted by Gasteiger charge is -2.21. The van der Waals surface area contributed by atoms with E-state index >= 15 is 0 Å². The summed E-state index contributed by atoms with van der Waals surface area (Å²) in [5.74, 6) is 2.48. The van der Waals surface area contributed by atoms with Gasteiger partial charge in [-0.1, -0.05) is 42.8 Å². The average molecular weight is 446 g/mol. The van der Waals surface area contributed by atoms with Gasteiger partial charge in [-0.05, 0) is 49.2 Å². The molecule has 0 aromatic heterocycles. The van der Waals surface area contributed by atoms with Crippen LogP contribution in [-0.4, -0.2) is 40.9 Å². The molecule has 160 valence electrons. The molecule has 30 heavy (non-hydrogen) atoms. The number of aliphatic imine (C=N–C) groups is 1. The number of rotatable bonds is 6. The van der Waals surface area contributed by atoms with Gasteiger partial charge in [0.05, 0.1) is 6.04 Å². The Kier molecular flexibility index (Phi) is 8.05. The fraction of sp³-hybridized carbons (Fsp3) is 0.391. The van der Waals surface area contributed by atoms with E-state index in [0.29, 0.717) is 12.5 Å². The highest BCUT2D eigenvalue weighted by Crippen LogP contribution is 2.29. The quantitative estimate of drug-likeness (QED) is 0.631. The Hall–Kier alpha value is -2.18. The highest BCUT2D eigenvalue weighted by atomic mass is 35.5. The van der Waals surface area contributed by atoms with Crippen LogP contribution < -0.4 is 10.1 Å². The van der Waals surface area contributed by atoms with Crippen molar-refractivity contribution in [1.29, 1.82) is 0 Å². The first kappa shape index (κ1) is 22.5. The van der Waals surface area contributed by atoms with Crippen LogP contribution in [0.4, 0.5) is 5.69 Å². The van der Waals surface area contributed by atoms with Gasteiger partial charge in [0.2, 0.25) is 5.91 Å². The van der Waals surface area contributed by atoms with Crippen LogP contribution in [0.5, 0.6) is 11.5 Å². The standard InChI is InChI=1S/C23H27N3O2S.ClH/c1-26-19(16-29-23(26)25-17-7-5-6-8-17)15-22(27)24-18-11-13-21(14-12-18)28-20-9-3-2-4-10-20;/h2-4,9-14,17,19H,5-8,15-16H2,1H3,(H,24,27);1H/b25-23-;. The number of halogens is 1. The summed E-state index contributed by atoms with van der Waals surface area (Å²) in [5.41, 5.74) is 0.781. The lowest BCUT2D eigenvalue weighted by atomic mass is 10.2. The fourth-order valence-corrected chi connectivity index (χ4v) is 4.97. The summed E-state index contributed by atoms with van der Waals surface area (Å²) in [4.78, 5) is 19.6. The van der Waals surface area contributed by atoms with E-state index in [1.807, 2.05) is 54.6 Å². The van der Waals surface area contributed by atoms with Crippen molar-refractivity contribution in [1.82, 2.24) is 4.90 Å². The summed E-state index contributed by atoms with van der Waals surface area (Å²) < 4.78 is 5.79. The van der Waals surface area contributed by atoms with Crippen molar-refractivity contribution in [3.05, 3.63) is 54.6 Å². The maximum atomic E-state index is 12.5. The van der Waals surface area contributed by atoms with Crippen LogP contribution >= 0.6 is 24.2 Å². The van der Waals surface area contributed by atoms with E-state index in [1.54, 1.807) is 11.8 Å². The van der Waals surface area contributed by atoms with Gasteiger partial charge in [-0.15, -0.1) is 12.4 Å². The molecular formula is C23H28ClN3O2S. The minimum absolute atomic E-state index is 0. The summed E-state index contributed by atoms with van der Waals surface area (Å²) in [7, 11) is 2.06. The molecule has 1 N–H and O–H groups in total. The van der Waals surface area contributed by atoms with Crippen molar-refractivity contribution in [2.24, 2.45) is 4.99 Å². The lowest BCUT2D eigenvalue weighted by Crippen LogP contribution is -2.34. The van der Waals surface area contributed by atoms with Crippen molar-refractivity contribution in [3.8, 4) is 11.5 Å². The number of thioether (sulfide) groups is 1. The molecule has 1 saturated heterocycles. The minimum Gasteiger partial charge on any atom is -0.457 e. The van der Waals surface area contributed by atoms with Gasteiger partial charge in [-0.25, -0.2) is 0 Å². The molecule has 1 amide bonds. The molecule has 5 nitrogen and oxygen atoms in total. The van der Waals surface area contributed by atoms with Crippen molar-refractivity contribution in [2.75, 3.05) is 18.1 Å². The Morgan fingerprint density at radius 2 is 1.77 bits per heavy atom. The molecule has 4 rings (SSSR count). The van der Waals surface area contributed by atoms with Crippen LogP contribution in [0.15, 0.2) is 59.6 Å². The number of ether oxygens (including phenoxy) is 1. The molecule has 1 unspecified atom stereocenters. The second kappa shape index (κ2) is 10.7. The average Bonchev–Trinajstić information content (AvgIpc) is 3.36. The first-order chi connectivity index (χ1) is 14.2. The predicted octanol–water partition coefficient (Wildman–Crippen LogP) is 5.58. The van der Waals surface area contributed by atoms with Crippen molar-refractivity contribution in [2.45, 2.75) is 44.2 Å². The van der Waals surface area contributed by atoms with Gasteiger partial charge in [0, 0.05) is 31.0 Å². The SMILES string of the molecule is CN1/C(=N/C2CCCC2)SCC1CC(=O)Nc1ccc(Oc2ccccc2)cc1.Cl. The summed E-state index contributed by atoms with van der Waals surface area (Å²) >= 11 is 1.78. The summed E-state index contributed by atoms with van der Waals surface area (Å²) in [6.45, 7) is 0. The predicted molar refractivity (Wildman–Crippen MR) is 127 cm³/mol. The van der Waals surface area contributed by atoms with E-state index in [9.17, 15) is 4.79 Å². The molecule has 1 aliphatic heterocycles. The van der Waals surface area contributed by atoms with Gasteiger partial charge in [-0.3, -0.25) is 9.79 Å². The summed E-state index contributed by atoms with van der Waals surface area (Å²) in [6.07, 6.45) is 5.45. The highest BCUT2D eigenvalue weighted by Gasteiger charge is 2.30. The van der Waals surface area contributed by atoms with Crippen molar-refractivity contribution < 1.29 is 9.53 Å². The van der Waals surface area contributed by atoms with Crippen molar-refractivity contribution >= 4 is 40.9 Å². The van der Waals surface area contributed by atoms with Gasteiger partial charge in [0.15, 0.2) is 5.17 Å². The number of para-hydroxylation sites is 1. The molecule has 1 heterocycles. The van der Waals surface area contributed by atoms with E-state index in [0.717, 1.165) is 28.1 Å². The third kappa shape index (κ3) is 5.92. The molecule has 2 fully saturated rings. The topological polar surface area (TPSA) is 53.9 Å². The van der Waals surface area contributed by atoms with E-state index < -0.39 is 0 Å². The highest BCUT2D eigenvalue weighted by molar-refractivity contribution is 8.14. The lowest BCUT2D eigenvalue weighted by molar-refractivity contribution is -0.116. The zero-order chi connectivity index (χ0) is 20.1. The molecule has 2 aromatic rings. The molecular weight excluding hydrogens is 418 g/mol. The summed E-state index contributed by atoms with van der Waals surface area (Å²) in [6, 6.07) is 17.8. The number of anilines is 1. The van der Waals surface area contributed by atoms with Crippen LogP contribution in [0.3, 0.4) is 0 Å². The van der Waals surface area contributed by atoms with Crippen LogP contribution in [0.25, 0.3) is 0 Å². The van der Waals surface area contributed by atoms with Gasteiger partial charge < -0.3 is 15.0 Å². The molecule has 0 radical (unpaired) electrons. The zero-order valence-electron chi connectivity index (χ0n) is 17.1. The molecule has 2 aliphatic rings. The Labute approximate surface area is 188 Å². The number of hydrogen-bond donors (Lipinski definition) is 1. The molecule has 1 saturated carbocycles. The van der Waals surface area contributed by atoms with Crippen LogP contribution in [0.2, 0.25) is 0 Å². The molecule has 1 atom stereocenters. The Morgan fingerprint density at radius 3 is 2.47 bits per heavy atom. The summed E-state index contributed by atoms with van der Waals surface area (Å²) in [5, 5.41) is 4.09. The zero-order valence-corrected chi connectivity index (χ0v) is 18.8. The second-order valence-corrected chi connectivity index (χ2v) is 8.60. The molecule has 0 spiro atoms.